The molecule has 1 aliphatic carbocycles. The molecule has 2 saturated heterocycles. The van der Waals surface area contributed by atoms with E-state index in [-0.39, 0.29) is 29.9 Å². The average molecular weight is 525 g/mol. The van der Waals surface area contributed by atoms with Gasteiger partial charge >= 0.3 is 6.09 Å². The molecule has 3 fully saturated rings. The van der Waals surface area contributed by atoms with Gasteiger partial charge in [0.2, 0.25) is 11.8 Å². The highest BCUT2D eigenvalue weighted by Crippen LogP contribution is 2.33. The summed E-state index contributed by atoms with van der Waals surface area (Å²) in [4.78, 5) is 40.8. The number of anilines is 1. The maximum Gasteiger partial charge on any atom is 0.407 e. The quantitative estimate of drug-likeness (QED) is 0.560. The number of hydrogen-bond acceptors (Lipinski definition) is 7. The Morgan fingerprint density at radius 1 is 1.16 bits per heavy atom. The largest absolute Gasteiger partial charge is 0.444 e. The topological polar surface area (TPSA) is 109 Å². The SMILES string of the molecule is Cn1nc(C2CCC(=O)NC2=O)c2ccc(N3CCN(CCC4CC(NC(=O)OC(C)(C)C)C4)CC3)cc21. The molecule has 38 heavy (non-hydrogen) atoms. The molecule has 3 amide bonds. The third-order valence-corrected chi connectivity index (χ3v) is 7.98. The number of alkyl carbamates (subject to hydrolysis) is 1. The molecule has 1 aromatic heterocycles. The van der Waals surface area contributed by atoms with Crippen LogP contribution in [0.5, 0.6) is 0 Å². The number of aryl methyl sites for hydroxylation is 1. The van der Waals surface area contributed by atoms with E-state index in [9.17, 15) is 14.4 Å². The van der Waals surface area contributed by atoms with Crippen LogP contribution >= 0.6 is 0 Å². The van der Waals surface area contributed by atoms with Crippen LogP contribution in [0.3, 0.4) is 0 Å². The van der Waals surface area contributed by atoms with Crippen LogP contribution in [0.2, 0.25) is 0 Å². The highest BCUT2D eigenvalue weighted by atomic mass is 16.6. The second-order valence-electron chi connectivity index (χ2n) is 12.0. The van der Waals surface area contributed by atoms with Gasteiger partial charge in [0.15, 0.2) is 0 Å². The summed E-state index contributed by atoms with van der Waals surface area (Å²) in [6.07, 6.45) is 3.77. The molecule has 2 N–H and O–H groups in total. The lowest BCUT2D eigenvalue weighted by Crippen LogP contribution is -2.49. The van der Waals surface area contributed by atoms with Crippen LogP contribution in [-0.4, -0.2) is 77.0 Å². The molecule has 1 unspecified atom stereocenters. The van der Waals surface area contributed by atoms with Crippen molar-refractivity contribution in [2.75, 3.05) is 37.6 Å². The van der Waals surface area contributed by atoms with E-state index in [4.69, 9.17) is 4.74 Å². The van der Waals surface area contributed by atoms with E-state index in [2.05, 4.69) is 43.7 Å². The first-order chi connectivity index (χ1) is 18.1. The van der Waals surface area contributed by atoms with Crippen LogP contribution in [0.4, 0.5) is 10.5 Å². The number of amides is 3. The van der Waals surface area contributed by atoms with Crippen molar-refractivity contribution in [1.82, 2.24) is 25.3 Å². The number of piperazine rings is 1. The number of aromatic nitrogens is 2. The van der Waals surface area contributed by atoms with E-state index < -0.39 is 5.60 Å². The van der Waals surface area contributed by atoms with Crippen molar-refractivity contribution >= 4 is 34.5 Å². The van der Waals surface area contributed by atoms with Crippen molar-refractivity contribution < 1.29 is 19.1 Å². The van der Waals surface area contributed by atoms with Crippen LogP contribution < -0.4 is 15.5 Å². The molecular weight excluding hydrogens is 484 g/mol. The second-order valence-corrected chi connectivity index (χ2v) is 12.0. The Morgan fingerprint density at radius 3 is 2.58 bits per heavy atom. The van der Waals surface area contributed by atoms with Crippen LogP contribution in [0.1, 0.15) is 64.5 Å². The van der Waals surface area contributed by atoms with Gasteiger partial charge in [-0.3, -0.25) is 24.5 Å². The van der Waals surface area contributed by atoms with E-state index in [0.29, 0.717) is 18.8 Å². The number of ether oxygens (including phenoxy) is 1. The summed E-state index contributed by atoms with van der Waals surface area (Å²) in [7, 11) is 1.91. The average Bonchev–Trinajstić information content (AvgIpc) is 3.15. The predicted molar refractivity (Wildman–Crippen MR) is 145 cm³/mol. The molecule has 0 radical (unpaired) electrons. The maximum atomic E-state index is 12.4. The standard InChI is InChI=1S/C28H40N6O4/c1-28(2,3)38-27(37)29-19-15-18(16-19)9-10-33-11-13-34(14-12-33)20-5-6-21-23(17-20)32(4)31-25(21)22-7-8-24(35)30-26(22)36/h5-6,17-19,22H,7-16H2,1-4H3,(H,29,37)(H,30,35,36). The molecule has 5 rings (SSSR count). The minimum Gasteiger partial charge on any atom is -0.444 e. The Morgan fingerprint density at radius 2 is 1.89 bits per heavy atom. The Hall–Kier alpha value is -3.14. The van der Waals surface area contributed by atoms with Crippen molar-refractivity contribution in [1.29, 1.82) is 0 Å². The van der Waals surface area contributed by atoms with Gasteiger partial charge in [0.05, 0.1) is 17.1 Å². The summed E-state index contributed by atoms with van der Waals surface area (Å²) in [5, 5.41) is 11.1. The van der Waals surface area contributed by atoms with Gasteiger partial charge in [-0.25, -0.2) is 4.79 Å². The molecule has 10 heteroatoms. The summed E-state index contributed by atoms with van der Waals surface area (Å²) < 4.78 is 7.20. The normalized spacial score (nSPS) is 24.7. The van der Waals surface area contributed by atoms with Crippen LogP contribution in [0.25, 0.3) is 10.9 Å². The fraction of sp³-hybridized carbons (Fsp3) is 0.643. The number of nitrogens with one attached hydrogen (secondary N) is 2. The molecule has 3 aliphatic rings. The molecular formula is C28H40N6O4. The number of hydrogen-bond donors (Lipinski definition) is 2. The van der Waals surface area contributed by atoms with Gasteiger partial charge in [-0.15, -0.1) is 0 Å². The minimum atomic E-state index is -0.461. The van der Waals surface area contributed by atoms with E-state index >= 15 is 0 Å². The molecule has 2 aromatic rings. The first-order valence-corrected chi connectivity index (χ1v) is 13.8. The molecule has 1 aromatic carbocycles. The zero-order valence-corrected chi connectivity index (χ0v) is 23.0. The molecule has 0 spiro atoms. The predicted octanol–water partition coefficient (Wildman–Crippen LogP) is 2.91. The molecule has 0 bridgehead atoms. The number of piperidine rings is 1. The van der Waals surface area contributed by atoms with Gasteiger partial charge < -0.3 is 15.0 Å². The maximum absolute atomic E-state index is 12.4. The summed E-state index contributed by atoms with van der Waals surface area (Å²) in [5.41, 5.74) is 2.47. The summed E-state index contributed by atoms with van der Waals surface area (Å²) >= 11 is 0. The molecule has 1 saturated carbocycles. The lowest BCUT2D eigenvalue weighted by Gasteiger charge is -2.39. The molecule has 1 atom stereocenters. The van der Waals surface area contributed by atoms with Crippen LogP contribution in [0.15, 0.2) is 18.2 Å². The fourth-order valence-electron chi connectivity index (χ4n) is 5.84. The van der Waals surface area contributed by atoms with Crippen LogP contribution in [-0.2, 0) is 21.4 Å². The number of carbonyl (C=O) groups excluding carboxylic acids is 3. The van der Waals surface area contributed by atoms with Crippen molar-refractivity contribution in [2.45, 2.75) is 70.4 Å². The van der Waals surface area contributed by atoms with Gasteiger partial charge in [-0.05, 0) is 77.1 Å². The molecule has 206 valence electrons. The zero-order chi connectivity index (χ0) is 27.0. The van der Waals surface area contributed by atoms with E-state index in [1.165, 1.54) is 5.69 Å². The van der Waals surface area contributed by atoms with Gasteiger partial charge in [-0.1, -0.05) is 0 Å². The summed E-state index contributed by atoms with van der Waals surface area (Å²) in [5.74, 6) is -0.179. The highest BCUT2D eigenvalue weighted by Gasteiger charge is 2.33. The molecule has 2 aliphatic heterocycles. The number of fused-ring (bicyclic) bond motifs is 1. The van der Waals surface area contributed by atoms with Gasteiger partial charge in [0.1, 0.15) is 5.60 Å². The zero-order valence-electron chi connectivity index (χ0n) is 23.0. The van der Waals surface area contributed by atoms with E-state index in [1.807, 2.05) is 32.5 Å². The number of carbonyl (C=O) groups is 3. The number of benzene rings is 1. The molecule has 3 heterocycles. The first kappa shape index (κ1) is 26.5. The molecule has 10 nitrogen and oxygen atoms in total. The lowest BCUT2D eigenvalue weighted by atomic mass is 9.78. The number of imide groups is 1. The van der Waals surface area contributed by atoms with Gasteiger partial charge in [-0.2, -0.15) is 5.10 Å². The third kappa shape index (κ3) is 5.95. The van der Waals surface area contributed by atoms with Gasteiger partial charge in [0, 0.05) is 56.8 Å². The fourth-order valence-corrected chi connectivity index (χ4v) is 5.84. The second kappa shape index (κ2) is 10.6. The van der Waals surface area contributed by atoms with Crippen LogP contribution in [0, 0.1) is 5.92 Å². The van der Waals surface area contributed by atoms with Crippen molar-refractivity contribution in [3.8, 4) is 0 Å². The number of nitrogens with zero attached hydrogens (tertiary/aromatic N) is 4. The Bertz CT molecular complexity index is 1200. The Kier molecular flexibility index (Phi) is 7.35. The minimum absolute atomic E-state index is 0.208. The monoisotopic (exact) mass is 524 g/mol. The van der Waals surface area contributed by atoms with Gasteiger partial charge in [0.25, 0.3) is 0 Å². The van der Waals surface area contributed by atoms with Crippen molar-refractivity contribution in [3.05, 3.63) is 23.9 Å². The highest BCUT2D eigenvalue weighted by molar-refractivity contribution is 6.02. The summed E-state index contributed by atoms with van der Waals surface area (Å²) in [6.45, 7) is 10.7. The Labute approximate surface area is 224 Å². The van der Waals surface area contributed by atoms with Crippen molar-refractivity contribution in [3.63, 3.8) is 0 Å². The third-order valence-electron chi connectivity index (χ3n) is 7.98. The van der Waals surface area contributed by atoms with E-state index in [1.54, 1.807) is 0 Å². The number of rotatable bonds is 6. The van der Waals surface area contributed by atoms with Crippen molar-refractivity contribution in [2.24, 2.45) is 13.0 Å². The van der Waals surface area contributed by atoms with E-state index in [0.717, 1.165) is 68.6 Å². The first-order valence-electron chi connectivity index (χ1n) is 13.8. The lowest BCUT2D eigenvalue weighted by molar-refractivity contribution is -0.134. The smallest absolute Gasteiger partial charge is 0.407 e. The Balaban J connectivity index is 1.09. The summed E-state index contributed by atoms with van der Waals surface area (Å²) in [6, 6.07) is 6.60.